The van der Waals surface area contributed by atoms with Gasteiger partial charge >= 0.3 is 12.1 Å². The van der Waals surface area contributed by atoms with Crippen LogP contribution in [0.15, 0.2) is 29.3 Å². The maximum absolute atomic E-state index is 10.9. The SMILES string of the molecule is CCN(OC(N)=Nc1ccc(Cl)cc1)C(N)=O. The molecule has 0 unspecified atom stereocenters. The first kappa shape index (κ1) is 13.1. The van der Waals surface area contributed by atoms with E-state index in [1.165, 1.54) is 0 Å². The predicted molar refractivity (Wildman–Crippen MR) is 65.8 cm³/mol. The van der Waals surface area contributed by atoms with E-state index in [9.17, 15) is 4.79 Å². The zero-order valence-electron chi connectivity index (χ0n) is 9.26. The third kappa shape index (κ3) is 4.20. The van der Waals surface area contributed by atoms with Gasteiger partial charge in [-0.05, 0) is 31.2 Å². The van der Waals surface area contributed by atoms with Crippen LogP contribution in [-0.2, 0) is 4.84 Å². The molecule has 1 aromatic rings. The molecule has 1 rings (SSSR count). The van der Waals surface area contributed by atoms with E-state index in [1.807, 2.05) is 0 Å². The van der Waals surface area contributed by atoms with Crippen molar-refractivity contribution in [3.8, 4) is 0 Å². The van der Waals surface area contributed by atoms with Crippen molar-refractivity contribution in [2.45, 2.75) is 6.92 Å². The summed E-state index contributed by atoms with van der Waals surface area (Å²) in [5.74, 6) is 0. The number of amides is 2. The molecule has 0 saturated heterocycles. The molecule has 0 heterocycles. The highest BCUT2D eigenvalue weighted by molar-refractivity contribution is 6.30. The molecule has 17 heavy (non-hydrogen) atoms. The van der Waals surface area contributed by atoms with Crippen molar-refractivity contribution in [3.63, 3.8) is 0 Å². The number of rotatable bonds is 2. The average molecular weight is 257 g/mol. The van der Waals surface area contributed by atoms with Crippen molar-refractivity contribution < 1.29 is 9.63 Å². The summed E-state index contributed by atoms with van der Waals surface area (Å²) in [4.78, 5) is 19.7. The van der Waals surface area contributed by atoms with Crippen molar-refractivity contribution in [2.24, 2.45) is 16.5 Å². The number of carbonyl (C=O) groups is 1. The van der Waals surface area contributed by atoms with Gasteiger partial charge in [0.05, 0.1) is 12.2 Å². The minimum Gasteiger partial charge on any atom is -0.351 e. The van der Waals surface area contributed by atoms with Crippen LogP contribution in [0, 0.1) is 0 Å². The first-order valence-electron chi connectivity index (χ1n) is 4.87. The number of hydrogen-bond acceptors (Lipinski definition) is 3. The van der Waals surface area contributed by atoms with Gasteiger partial charge in [-0.3, -0.25) is 0 Å². The fourth-order valence-corrected chi connectivity index (χ4v) is 1.17. The molecule has 1 aromatic carbocycles. The maximum Gasteiger partial charge on any atom is 0.348 e. The minimum absolute atomic E-state index is 0.173. The Labute approximate surface area is 104 Å². The molecule has 0 bridgehead atoms. The summed E-state index contributed by atoms with van der Waals surface area (Å²) in [5, 5.41) is 1.49. The van der Waals surface area contributed by atoms with Gasteiger partial charge in [0, 0.05) is 5.02 Å². The normalized spacial score (nSPS) is 11.1. The zero-order valence-corrected chi connectivity index (χ0v) is 10.0. The van der Waals surface area contributed by atoms with Crippen LogP contribution in [0.1, 0.15) is 6.92 Å². The molecule has 0 atom stereocenters. The average Bonchev–Trinajstić information content (AvgIpc) is 2.28. The van der Waals surface area contributed by atoms with Crippen LogP contribution in [0.25, 0.3) is 0 Å². The summed E-state index contributed by atoms with van der Waals surface area (Å²) in [7, 11) is 0. The van der Waals surface area contributed by atoms with E-state index in [0.29, 0.717) is 10.7 Å². The number of halogens is 1. The van der Waals surface area contributed by atoms with Gasteiger partial charge in [0.1, 0.15) is 0 Å². The smallest absolute Gasteiger partial charge is 0.348 e. The Balaban J connectivity index is 2.72. The monoisotopic (exact) mass is 256 g/mol. The highest BCUT2D eigenvalue weighted by atomic mass is 35.5. The number of hydrogen-bond donors (Lipinski definition) is 2. The van der Waals surface area contributed by atoms with Gasteiger partial charge < -0.3 is 16.3 Å². The Bertz CT molecular complexity index is 419. The van der Waals surface area contributed by atoms with Gasteiger partial charge in [0.15, 0.2) is 0 Å². The van der Waals surface area contributed by atoms with Crippen molar-refractivity contribution >= 4 is 29.3 Å². The number of hydroxylamine groups is 2. The lowest BCUT2D eigenvalue weighted by Crippen LogP contribution is -2.39. The topological polar surface area (TPSA) is 93.9 Å². The van der Waals surface area contributed by atoms with E-state index >= 15 is 0 Å². The van der Waals surface area contributed by atoms with Crippen LogP contribution in [0.4, 0.5) is 10.5 Å². The van der Waals surface area contributed by atoms with Gasteiger partial charge in [-0.15, -0.1) is 0 Å². The number of nitrogens with two attached hydrogens (primary N) is 2. The quantitative estimate of drug-likeness (QED) is 0.478. The molecule has 0 saturated carbocycles. The Kier molecular flexibility index (Phi) is 4.59. The summed E-state index contributed by atoms with van der Waals surface area (Å²) >= 11 is 5.72. The zero-order chi connectivity index (χ0) is 12.8. The second-order valence-electron chi connectivity index (χ2n) is 3.05. The van der Waals surface area contributed by atoms with Crippen LogP contribution in [0.3, 0.4) is 0 Å². The fraction of sp³-hybridized carbons (Fsp3) is 0.200. The molecule has 0 spiro atoms. The second-order valence-corrected chi connectivity index (χ2v) is 3.49. The molecule has 6 nitrogen and oxygen atoms in total. The number of amidine groups is 1. The van der Waals surface area contributed by atoms with Crippen molar-refractivity contribution in [2.75, 3.05) is 6.54 Å². The number of carbonyl (C=O) groups excluding carboxylic acids is 1. The highest BCUT2D eigenvalue weighted by Gasteiger charge is 2.09. The summed E-state index contributed by atoms with van der Waals surface area (Å²) in [6, 6.07) is 5.76. The van der Waals surface area contributed by atoms with E-state index in [1.54, 1.807) is 31.2 Å². The third-order valence-electron chi connectivity index (χ3n) is 1.80. The van der Waals surface area contributed by atoms with E-state index in [4.69, 9.17) is 27.9 Å². The van der Waals surface area contributed by atoms with E-state index < -0.39 is 6.03 Å². The highest BCUT2D eigenvalue weighted by Crippen LogP contribution is 2.16. The largest absolute Gasteiger partial charge is 0.351 e. The summed E-state index contributed by atoms with van der Waals surface area (Å²) in [6.07, 6.45) is 0. The molecule has 0 aromatic heterocycles. The Hall–Kier alpha value is -1.95. The van der Waals surface area contributed by atoms with Crippen LogP contribution in [0.5, 0.6) is 0 Å². The molecule has 0 fully saturated rings. The van der Waals surface area contributed by atoms with E-state index in [2.05, 4.69) is 4.99 Å². The van der Waals surface area contributed by atoms with Crippen LogP contribution < -0.4 is 11.5 Å². The molecule has 92 valence electrons. The Morgan fingerprint density at radius 2 is 2.00 bits per heavy atom. The number of aliphatic imine (C=N–C) groups is 1. The first-order valence-corrected chi connectivity index (χ1v) is 5.25. The van der Waals surface area contributed by atoms with Gasteiger partial charge in [-0.25, -0.2) is 4.79 Å². The van der Waals surface area contributed by atoms with Gasteiger partial charge in [-0.1, -0.05) is 11.6 Å². The summed E-state index contributed by atoms with van der Waals surface area (Å²) in [6.45, 7) is 1.96. The Morgan fingerprint density at radius 1 is 1.41 bits per heavy atom. The molecular formula is C10H13ClN4O2. The van der Waals surface area contributed by atoms with Gasteiger partial charge in [0.2, 0.25) is 0 Å². The third-order valence-corrected chi connectivity index (χ3v) is 2.05. The predicted octanol–water partition coefficient (Wildman–Crippen LogP) is 1.62. The molecule has 0 aliphatic heterocycles. The minimum atomic E-state index is -0.734. The summed E-state index contributed by atoms with van der Waals surface area (Å²) < 4.78 is 0. The molecule has 4 N–H and O–H groups in total. The number of primary amides is 1. The van der Waals surface area contributed by atoms with Gasteiger partial charge in [0.25, 0.3) is 0 Å². The Morgan fingerprint density at radius 3 is 2.47 bits per heavy atom. The fourth-order valence-electron chi connectivity index (χ4n) is 1.04. The molecule has 0 aliphatic carbocycles. The lowest BCUT2D eigenvalue weighted by molar-refractivity contribution is -0.0196. The van der Waals surface area contributed by atoms with Crippen molar-refractivity contribution in [1.82, 2.24) is 5.06 Å². The maximum atomic E-state index is 10.9. The van der Waals surface area contributed by atoms with E-state index in [0.717, 1.165) is 5.06 Å². The molecule has 0 radical (unpaired) electrons. The number of urea groups is 1. The van der Waals surface area contributed by atoms with E-state index in [-0.39, 0.29) is 12.6 Å². The molecule has 7 heteroatoms. The number of benzene rings is 1. The lowest BCUT2D eigenvalue weighted by atomic mass is 10.3. The second kappa shape index (κ2) is 5.95. The standard InChI is InChI=1S/C10H13ClN4O2/c1-2-15(10(13)16)17-9(12)14-8-5-3-7(11)4-6-8/h3-6H,2H2,1H3,(H2,12,14)(H2,13,16). The number of nitrogens with zero attached hydrogens (tertiary/aromatic N) is 2. The molecule has 0 aliphatic rings. The van der Waals surface area contributed by atoms with Gasteiger partial charge in [-0.2, -0.15) is 10.1 Å². The van der Waals surface area contributed by atoms with Crippen LogP contribution in [-0.4, -0.2) is 23.7 Å². The van der Waals surface area contributed by atoms with Crippen LogP contribution in [0.2, 0.25) is 5.02 Å². The van der Waals surface area contributed by atoms with Crippen LogP contribution >= 0.6 is 11.6 Å². The molecule has 2 amide bonds. The molecular weight excluding hydrogens is 244 g/mol. The first-order chi connectivity index (χ1) is 8.02. The lowest BCUT2D eigenvalue weighted by Gasteiger charge is -2.16. The summed E-state index contributed by atoms with van der Waals surface area (Å²) in [5.41, 5.74) is 11.1. The van der Waals surface area contributed by atoms with Crippen molar-refractivity contribution in [3.05, 3.63) is 29.3 Å². The van der Waals surface area contributed by atoms with Crippen molar-refractivity contribution in [1.29, 1.82) is 0 Å².